The zero-order valence-electron chi connectivity index (χ0n) is 11.6. The van der Waals surface area contributed by atoms with E-state index in [0.717, 1.165) is 27.3 Å². The summed E-state index contributed by atoms with van der Waals surface area (Å²) in [6.45, 7) is 3.92. The van der Waals surface area contributed by atoms with Gasteiger partial charge in [-0.25, -0.2) is 0 Å². The molecule has 0 bridgehead atoms. The number of aliphatic carboxylic acids is 1. The van der Waals surface area contributed by atoms with Crippen molar-refractivity contribution >= 4 is 17.6 Å². The Hall–Kier alpha value is -1.80. The van der Waals surface area contributed by atoms with Crippen LogP contribution in [0.3, 0.4) is 0 Å². The molecule has 0 heterocycles. The molecule has 104 valence electrons. The molecule has 2 aromatic carbocycles. The maximum Gasteiger partial charge on any atom is 0.303 e. The Labute approximate surface area is 124 Å². The molecule has 0 aromatic heterocycles. The van der Waals surface area contributed by atoms with Gasteiger partial charge in [0.05, 0.1) is 6.42 Å². The van der Waals surface area contributed by atoms with Crippen LogP contribution in [-0.4, -0.2) is 11.1 Å². The topological polar surface area (TPSA) is 37.3 Å². The Kier molecular flexibility index (Phi) is 4.46. The van der Waals surface area contributed by atoms with Crippen LogP contribution in [0.4, 0.5) is 0 Å². The first-order valence-electron chi connectivity index (χ1n) is 6.56. The SMILES string of the molecule is Cc1c(Cl)cccc1-c1ccc(C(C)CC(=O)O)cc1. The molecule has 0 spiro atoms. The summed E-state index contributed by atoms with van der Waals surface area (Å²) in [6, 6.07) is 13.9. The highest BCUT2D eigenvalue weighted by atomic mass is 35.5. The molecule has 1 unspecified atom stereocenters. The molecule has 2 nitrogen and oxygen atoms in total. The van der Waals surface area contributed by atoms with Crippen molar-refractivity contribution in [3.05, 3.63) is 58.6 Å². The standard InChI is InChI=1S/C17H17ClO2/c1-11(10-17(19)20)13-6-8-14(9-7-13)15-4-3-5-16(18)12(15)2/h3-9,11H,10H2,1-2H3,(H,19,20). The van der Waals surface area contributed by atoms with Crippen LogP contribution in [0.5, 0.6) is 0 Å². The van der Waals surface area contributed by atoms with Crippen LogP contribution in [0.25, 0.3) is 11.1 Å². The van der Waals surface area contributed by atoms with Crippen molar-refractivity contribution in [3.8, 4) is 11.1 Å². The molecule has 0 amide bonds. The van der Waals surface area contributed by atoms with Crippen LogP contribution < -0.4 is 0 Å². The average Bonchev–Trinajstić information content (AvgIpc) is 2.41. The van der Waals surface area contributed by atoms with Gasteiger partial charge in [-0.05, 0) is 41.2 Å². The van der Waals surface area contributed by atoms with Crippen molar-refractivity contribution < 1.29 is 9.90 Å². The Bertz CT molecular complexity index is 617. The zero-order valence-corrected chi connectivity index (χ0v) is 12.3. The van der Waals surface area contributed by atoms with Crippen LogP contribution in [0.1, 0.15) is 30.4 Å². The molecular weight excluding hydrogens is 272 g/mol. The molecule has 0 aliphatic rings. The highest BCUT2D eigenvalue weighted by molar-refractivity contribution is 6.31. The fraction of sp³-hybridized carbons (Fsp3) is 0.235. The molecule has 1 atom stereocenters. The number of hydrogen-bond acceptors (Lipinski definition) is 1. The predicted octanol–water partition coefficient (Wildman–Crippen LogP) is 4.89. The van der Waals surface area contributed by atoms with Crippen LogP contribution in [0.2, 0.25) is 5.02 Å². The first-order chi connectivity index (χ1) is 9.49. The first-order valence-corrected chi connectivity index (χ1v) is 6.94. The average molecular weight is 289 g/mol. The summed E-state index contributed by atoms with van der Waals surface area (Å²) in [5.74, 6) is -0.755. The lowest BCUT2D eigenvalue weighted by molar-refractivity contribution is -0.137. The van der Waals surface area contributed by atoms with Crippen molar-refractivity contribution in [1.29, 1.82) is 0 Å². The summed E-state index contributed by atoms with van der Waals surface area (Å²) >= 11 is 6.14. The van der Waals surface area contributed by atoms with Gasteiger partial charge in [0.25, 0.3) is 0 Å². The number of halogens is 1. The third kappa shape index (κ3) is 3.20. The van der Waals surface area contributed by atoms with Crippen LogP contribution in [-0.2, 0) is 4.79 Å². The van der Waals surface area contributed by atoms with Gasteiger partial charge in [0, 0.05) is 5.02 Å². The Morgan fingerprint density at radius 3 is 2.45 bits per heavy atom. The van der Waals surface area contributed by atoms with E-state index >= 15 is 0 Å². The lowest BCUT2D eigenvalue weighted by Gasteiger charge is -2.12. The van der Waals surface area contributed by atoms with Crippen molar-refractivity contribution in [2.45, 2.75) is 26.2 Å². The normalized spacial score (nSPS) is 12.2. The van der Waals surface area contributed by atoms with Gasteiger partial charge in [-0.1, -0.05) is 54.9 Å². The number of benzene rings is 2. The number of hydrogen-bond donors (Lipinski definition) is 1. The van der Waals surface area contributed by atoms with E-state index < -0.39 is 5.97 Å². The first kappa shape index (κ1) is 14.6. The zero-order chi connectivity index (χ0) is 14.7. The third-order valence-corrected chi connectivity index (χ3v) is 3.95. The Morgan fingerprint density at radius 2 is 1.85 bits per heavy atom. The summed E-state index contributed by atoms with van der Waals surface area (Å²) in [5, 5.41) is 9.59. The van der Waals surface area contributed by atoms with E-state index in [1.54, 1.807) is 0 Å². The van der Waals surface area contributed by atoms with Gasteiger partial charge in [0.1, 0.15) is 0 Å². The quantitative estimate of drug-likeness (QED) is 0.869. The number of carbonyl (C=O) groups is 1. The van der Waals surface area contributed by atoms with Crippen molar-refractivity contribution in [2.75, 3.05) is 0 Å². The second-order valence-corrected chi connectivity index (χ2v) is 5.44. The minimum atomic E-state index is -0.771. The lowest BCUT2D eigenvalue weighted by Crippen LogP contribution is -2.02. The van der Waals surface area contributed by atoms with Crippen LogP contribution >= 0.6 is 11.6 Å². The summed E-state index contributed by atoms with van der Waals surface area (Å²) in [7, 11) is 0. The summed E-state index contributed by atoms with van der Waals surface area (Å²) in [6.07, 6.45) is 0.148. The van der Waals surface area contributed by atoms with E-state index in [2.05, 4.69) is 0 Å². The minimum Gasteiger partial charge on any atom is -0.481 e. The number of rotatable bonds is 4. The molecule has 0 fully saturated rings. The van der Waals surface area contributed by atoms with Crippen LogP contribution in [0.15, 0.2) is 42.5 Å². The van der Waals surface area contributed by atoms with Crippen molar-refractivity contribution in [2.24, 2.45) is 0 Å². The lowest BCUT2D eigenvalue weighted by atomic mass is 9.94. The summed E-state index contributed by atoms with van der Waals surface area (Å²) in [4.78, 5) is 10.7. The van der Waals surface area contributed by atoms with Gasteiger partial charge in [0.2, 0.25) is 0 Å². The number of carboxylic acid groups (broad SMARTS) is 1. The molecule has 0 saturated carbocycles. The van der Waals surface area contributed by atoms with E-state index in [1.165, 1.54) is 0 Å². The summed E-state index contributed by atoms with van der Waals surface area (Å²) in [5.41, 5.74) is 4.29. The number of carboxylic acids is 1. The Balaban J connectivity index is 2.28. The van der Waals surface area contributed by atoms with Crippen molar-refractivity contribution in [3.63, 3.8) is 0 Å². The molecular formula is C17H17ClO2. The second-order valence-electron chi connectivity index (χ2n) is 5.03. The molecule has 20 heavy (non-hydrogen) atoms. The maximum atomic E-state index is 10.7. The Morgan fingerprint density at radius 1 is 1.20 bits per heavy atom. The molecule has 0 radical (unpaired) electrons. The van der Waals surface area contributed by atoms with Crippen LogP contribution in [0, 0.1) is 6.92 Å². The van der Waals surface area contributed by atoms with E-state index in [9.17, 15) is 4.79 Å². The largest absolute Gasteiger partial charge is 0.481 e. The van der Waals surface area contributed by atoms with Gasteiger partial charge >= 0.3 is 5.97 Å². The van der Waals surface area contributed by atoms with E-state index in [-0.39, 0.29) is 12.3 Å². The molecule has 3 heteroatoms. The third-order valence-electron chi connectivity index (χ3n) is 3.54. The fourth-order valence-electron chi connectivity index (χ4n) is 2.29. The van der Waals surface area contributed by atoms with Gasteiger partial charge in [-0.15, -0.1) is 0 Å². The van der Waals surface area contributed by atoms with Crippen molar-refractivity contribution in [1.82, 2.24) is 0 Å². The molecule has 2 rings (SSSR count). The molecule has 0 saturated heterocycles. The maximum absolute atomic E-state index is 10.7. The molecule has 2 aromatic rings. The smallest absolute Gasteiger partial charge is 0.303 e. The minimum absolute atomic E-state index is 0.0157. The highest BCUT2D eigenvalue weighted by Gasteiger charge is 2.11. The monoisotopic (exact) mass is 288 g/mol. The van der Waals surface area contributed by atoms with Gasteiger partial charge < -0.3 is 5.11 Å². The van der Waals surface area contributed by atoms with Gasteiger partial charge in [-0.3, -0.25) is 4.79 Å². The predicted molar refractivity (Wildman–Crippen MR) is 82.3 cm³/mol. The van der Waals surface area contributed by atoms with E-state index in [1.807, 2.05) is 56.3 Å². The fourth-order valence-corrected chi connectivity index (χ4v) is 2.47. The van der Waals surface area contributed by atoms with E-state index in [0.29, 0.717) is 0 Å². The molecule has 1 N–H and O–H groups in total. The van der Waals surface area contributed by atoms with Gasteiger partial charge in [0.15, 0.2) is 0 Å². The molecule has 0 aliphatic carbocycles. The van der Waals surface area contributed by atoms with Gasteiger partial charge in [-0.2, -0.15) is 0 Å². The van der Waals surface area contributed by atoms with E-state index in [4.69, 9.17) is 16.7 Å². The molecule has 0 aliphatic heterocycles. The second kappa shape index (κ2) is 6.10. The summed E-state index contributed by atoms with van der Waals surface area (Å²) < 4.78 is 0. The highest BCUT2D eigenvalue weighted by Crippen LogP contribution is 2.29.